The molecule has 0 aliphatic heterocycles. The molecule has 0 aliphatic carbocycles. The third kappa shape index (κ3) is 4.38. The van der Waals surface area contributed by atoms with Crippen molar-refractivity contribution < 1.29 is 9.47 Å². The average Bonchev–Trinajstić information content (AvgIpc) is 2.69. The van der Waals surface area contributed by atoms with Crippen LogP contribution in [0.15, 0.2) is 54.7 Å². The van der Waals surface area contributed by atoms with Crippen LogP contribution >= 0.6 is 0 Å². The van der Waals surface area contributed by atoms with Gasteiger partial charge in [0.05, 0.1) is 26.1 Å². The molecule has 1 aromatic heterocycles. The second kappa shape index (κ2) is 8.66. The molecule has 0 unspecified atom stereocenters. The highest BCUT2D eigenvalue weighted by Crippen LogP contribution is 2.25. The lowest BCUT2D eigenvalue weighted by Crippen LogP contribution is -2.09. The van der Waals surface area contributed by atoms with Crippen molar-refractivity contribution in [2.45, 2.75) is 6.42 Å². The average molecular weight is 351 g/mol. The van der Waals surface area contributed by atoms with E-state index in [4.69, 9.17) is 9.47 Å². The number of nitrogens with zero attached hydrogens (tertiary/aromatic N) is 3. The van der Waals surface area contributed by atoms with Crippen molar-refractivity contribution in [3.8, 4) is 11.5 Å². The fraction of sp³-hybridized carbons (Fsp3) is 0.211. The molecule has 0 atom stereocenters. The first-order chi connectivity index (χ1) is 12.8. The highest BCUT2D eigenvalue weighted by Gasteiger charge is 2.06. The minimum absolute atomic E-state index is 0.400. The van der Waals surface area contributed by atoms with E-state index in [1.165, 1.54) is 0 Å². The summed E-state index contributed by atoms with van der Waals surface area (Å²) in [6, 6.07) is 15.5. The monoisotopic (exact) mass is 351 g/mol. The van der Waals surface area contributed by atoms with Gasteiger partial charge in [0.25, 0.3) is 0 Å². The summed E-state index contributed by atoms with van der Waals surface area (Å²) in [7, 11) is 3.30. The van der Waals surface area contributed by atoms with Gasteiger partial charge in [-0.05, 0) is 30.2 Å². The van der Waals surface area contributed by atoms with Crippen molar-refractivity contribution in [3.63, 3.8) is 0 Å². The Bertz CT molecular complexity index is 857. The molecule has 0 saturated carbocycles. The molecule has 2 aromatic carbocycles. The minimum Gasteiger partial charge on any atom is -0.496 e. The lowest BCUT2D eigenvalue weighted by atomic mass is 10.1. The van der Waals surface area contributed by atoms with Gasteiger partial charge < -0.3 is 20.1 Å². The van der Waals surface area contributed by atoms with Gasteiger partial charge >= 0.3 is 0 Å². The third-order valence-corrected chi connectivity index (χ3v) is 3.81. The zero-order valence-corrected chi connectivity index (χ0v) is 14.8. The topological polar surface area (TPSA) is 81.2 Å². The Hall–Kier alpha value is -3.35. The van der Waals surface area contributed by atoms with Crippen LogP contribution in [0.1, 0.15) is 5.56 Å². The molecule has 0 fully saturated rings. The highest BCUT2D eigenvalue weighted by molar-refractivity contribution is 5.62. The van der Waals surface area contributed by atoms with Crippen LogP contribution < -0.4 is 20.1 Å². The predicted octanol–water partition coefficient (Wildman–Crippen LogP) is 3.29. The Labute approximate surface area is 152 Å². The third-order valence-electron chi connectivity index (χ3n) is 3.81. The van der Waals surface area contributed by atoms with Gasteiger partial charge in [-0.2, -0.15) is 10.1 Å². The molecule has 0 radical (unpaired) electrons. The molecule has 134 valence electrons. The number of anilines is 3. The number of aromatic nitrogens is 3. The van der Waals surface area contributed by atoms with Crippen molar-refractivity contribution in [1.82, 2.24) is 15.2 Å². The van der Waals surface area contributed by atoms with Gasteiger partial charge in [-0.15, -0.1) is 5.10 Å². The Balaban J connectivity index is 1.62. The van der Waals surface area contributed by atoms with E-state index in [-0.39, 0.29) is 0 Å². The van der Waals surface area contributed by atoms with Gasteiger partial charge in [-0.1, -0.05) is 30.3 Å². The summed E-state index contributed by atoms with van der Waals surface area (Å²) in [5, 5.41) is 14.4. The van der Waals surface area contributed by atoms with E-state index in [1.807, 2.05) is 48.5 Å². The quantitative estimate of drug-likeness (QED) is 0.644. The summed E-state index contributed by atoms with van der Waals surface area (Å²) in [6.07, 6.45) is 2.40. The fourth-order valence-corrected chi connectivity index (χ4v) is 2.54. The normalized spacial score (nSPS) is 10.2. The minimum atomic E-state index is 0.400. The molecule has 2 N–H and O–H groups in total. The second-order valence-electron chi connectivity index (χ2n) is 5.48. The van der Waals surface area contributed by atoms with Crippen LogP contribution in [0, 0.1) is 0 Å². The van der Waals surface area contributed by atoms with Crippen LogP contribution in [0.3, 0.4) is 0 Å². The highest BCUT2D eigenvalue weighted by atomic mass is 16.5. The van der Waals surface area contributed by atoms with E-state index >= 15 is 0 Å². The van der Waals surface area contributed by atoms with E-state index in [0.717, 1.165) is 23.4 Å². The summed E-state index contributed by atoms with van der Waals surface area (Å²) in [4.78, 5) is 4.43. The lowest BCUT2D eigenvalue weighted by Gasteiger charge is -2.11. The molecule has 7 heteroatoms. The number of hydrogen-bond acceptors (Lipinski definition) is 7. The van der Waals surface area contributed by atoms with E-state index in [9.17, 15) is 0 Å². The van der Waals surface area contributed by atoms with E-state index in [1.54, 1.807) is 20.4 Å². The fourth-order valence-electron chi connectivity index (χ4n) is 2.54. The van der Waals surface area contributed by atoms with Gasteiger partial charge in [-0.3, -0.25) is 0 Å². The molecular weight excluding hydrogens is 330 g/mol. The second-order valence-corrected chi connectivity index (χ2v) is 5.48. The Morgan fingerprint density at radius 1 is 0.923 bits per heavy atom. The molecule has 26 heavy (non-hydrogen) atoms. The van der Waals surface area contributed by atoms with Gasteiger partial charge in [0.2, 0.25) is 5.95 Å². The van der Waals surface area contributed by atoms with Gasteiger partial charge in [-0.25, -0.2) is 0 Å². The summed E-state index contributed by atoms with van der Waals surface area (Å²) in [5.74, 6) is 2.64. The van der Waals surface area contributed by atoms with Crippen LogP contribution in [-0.2, 0) is 6.42 Å². The number of para-hydroxylation sites is 3. The Kier molecular flexibility index (Phi) is 5.82. The first kappa shape index (κ1) is 17.5. The molecular formula is C19H21N5O2. The molecule has 0 saturated heterocycles. The summed E-state index contributed by atoms with van der Waals surface area (Å²) < 4.78 is 10.7. The first-order valence-electron chi connectivity index (χ1n) is 8.25. The van der Waals surface area contributed by atoms with Crippen LogP contribution in [-0.4, -0.2) is 35.9 Å². The van der Waals surface area contributed by atoms with Crippen LogP contribution in [0.25, 0.3) is 0 Å². The summed E-state index contributed by atoms with van der Waals surface area (Å²) in [6.45, 7) is 0.702. The summed E-state index contributed by atoms with van der Waals surface area (Å²) >= 11 is 0. The molecule has 0 aliphatic rings. The maximum absolute atomic E-state index is 5.37. The maximum atomic E-state index is 5.37. The number of methoxy groups -OCH3 is 2. The van der Waals surface area contributed by atoms with Crippen LogP contribution in [0.4, 0.5) is 17.5 Å². The van der Waals surface area contributed by atoms with Crippen molar-refractivity contribution in [2.75, 3.05) is 31.4 Å². The van der Waals surface area contributed by atoms with Gasteiger partial charge in [0.1, 0.15) is 11.5 Å². The zero-order valence-electron chi connectivity index (χ0n) is 14.8. The largest absolute Gasteiger partial charge is 0.496 e. The molecule has 0 spiro atoms. The van der Waals surface area contributed by atoms with Crippen molar-refractivity contribution >= 4 is 17.5 Å². The Morgan fingerprint density at radius 2 is 1.65 bits per heavy atom. The molecule has 1 heterocycles. The van der Waals surface area contributed by atoms with E-state index in [0.29, 0.717) is 24.1 Å². The smallest absolute Gasteiger partial charge is 0.249 e. The van der Waals surface area contributed by atoms with Crippen LogP contribution in [0.5, 0.6) is 11.5 Å². The Morgan fingerprint density at radius 3 is 2.46 bits per heavy atom. The van der Waals surface area contributed by atoms with E-state index < -0.39 is 0 Å². The van der Waals surface area contributed by atoms with Gasteiger partial charge in [0.15, 0.2) is 5.82 Å². The van der Waals surface area contributed by atoms with Crippen molar-refractivity contribution in [3.05, 3.63) is 60.3 Å². The predicted molar refractivity (Wildman–Crippen MR) is 101 cm³/mol. The lowest BCUT2D eigenvalue weighted by molar-refractivity contribution is 0.410. The number of benzene rings is 2. The molecule has 3 rings (SSSR count). The first-order valence-corrected chi connectivity index (χ1v) is 8.25. The maximum Gasteiger partial charge on any atom is 0.249 e. The molecule has 3 aromatic rings. The number of hydrogen-bond donors (Lipinski definition) is 2. The summed E-state index contributed by atoms with van der Waals surface area (Å²) in [5.41, 5.74) is 1.92. The van der Waals surface area contributed by atoms with Crippen LogP contribution in [0.2, 0.25) is 0 Å². The van der Waals surface area contributed by atoms with Crippen molar-refractivity contribution in [1.29, 1.82) is 0 Å². The number of ether oxygens (including phenoxy) is 2. The van der Waals surface area contributed by atoms with Crippen molar-refractivity contribution in [2.24, 2.45) is 0 Å². The molecule has 0 amide bonds. The molecule has 7 nitrogen and oxygen atoms in total. The molecule has 0 bridgehead atoms. The SMILES string of the molecule is COc1ccccc1CCNc1cnnc(Nc2ccccc2OC)n1. The van der Waals surface area contributed by atoms with E-state index in [2.05, 4.69) is 25.8 Å². The van der Waals surface area contributed by atoms with Gasteiger partial charge in [0, 0.05) is 6.54 Å². The standard InChI is InChI=1S/C19H21N5O2/c1-25-16-9-5-3-7-14(16)11-12-20-18-13-21-24-19(23-18)22-15-8-4-6-10-17(15)26-2/h3-10,13H,11-12H2,1-2H3,(H2,20,22,23,24). The number of nitrogens with one attached hydrogen (secondary N) is 2. The zero-order chi connectivity index (χ0) is 18.2. The number of rotatable bonds is 8.